The minimum atomic E-state index is -0.812. The van der Waals surface area contributed by atoms with Crippen molar-refractivity contribution in [1.82, 2.24) is 9.88 Å². The van der Waals surface area contributed by atoms with E-state index in [1.165, 1.54) is 12.1 Å². The summed E-state index contributed by atoms with van der Waals surface area (Å²) in [5.41, 5.74) is 8.78. The summed E-state index contributed by atoms with van der Waals surface area (Å²) in [6, 6.07) is 11.4. The van der Waals surface area contributed by atoms with Gasteiger partial charge >= 0.3 is 5.97 Å². The molecule has 3 unspecified atom stereocenters. The Morgan fingerprint density at radius 2 is 2.19 bits per heavy atom. The van der Waals surface area contributed by atoms with Gasteiger partial charge in [0.25, 0.3) is 0 Å². The second-order valence-corrected chi connectivity index (χ2v) is 9.53. The van der Waals surface area contributed by atoms with Gasteiger partial charge in [-0.25, -0.2) is 4.39 Å². The van der Waals surface area contributed by atoms with Crippen LogP contribution in [0.3, 0.4) is 0 Å². The number of nitrogens with two attached hydrogens (primary N) is 1. The summed E-state index contributed by atoms with van der Waals surface area (Å²) >= 11 is 6.50. The van der Waals surface area contributed by atoms with Gasteiger partial charge in [-0.15, -0.1) is 0 Å². The molecule has 0 spiro atoms. The van der Waals surface area contributed by atoms with Gasteiger partial charge in [-0.2, -0.15) is 0 Å². The highest BCUT2D eigenvalue weighted by atomic mass is 35.5. The number of benzene rings is 2. The number of carboxylic acids is 1. The lowest BCUT2D eigenvalue weighted by Gasteiger charge is -2.36. The molecule has 1 saturated heterocycles. The number of aromatic nitrogens is 1. The number of nitrogens with zero attached hydrogens (tertiary/aromatic N) is 2. The standard InChI is InChI=1S/C28H29ClFN3O3/c1-36-21-8-10-26-22(15-21)27(24(29)16-32-26)25(31)9-7-19-11-13-33(17-23(19)28(34)35)12-3-5-18-4-2-6-20(30)14-18/h2,4,6,8,10,14-16,19,23,25H,7,9,11-13,17,31H2,1H3,(H,34,35). The Bertz CT molecular complexity index is 1310. The van der Waals surface area contributed by atoms with Crippen LogP contribution in [0.5, 0.6) is 5.75 Å². The Balaban J connectivity index is 1.41. The highest BCUT2D eigenvalue weighted by Crippen LogP contribution is 2.35. The summed E-state index contributed by atoms with van der Waals surface area (Å²) in [6.45, 7) is 1.61. The zero-order chi connectivity index (χ0) is 25.7. The van der Waals surface area contributed by atoms with Crippen LogP contribution in [-0.4, -0.2) is 47.7 Å². The molecule has 0 radical (unpaired) electrons. The number of hydrogen-bond acceptors (Lipinski definition) is 5. The minimum Gasteiger partial charge on any atom is -0.497 e. The van der Waals surface area contributed by atoms with Crippen LogP contribution in [0.1, 0.15) is 36.4 Å². The van der Waals surface area contributed by atoms with Crippen molar-refractivity contribution in [2.24, 2.45) is 17.6 Å². The molecular formula is C28H29ClFN3O3. The quantitative estimate of drug-likeness (QED) is 0.441. The van der Waals surface area contributed by atoms with Gasteiger partial charge in [-0.3, -0.25) is 14.7 Å². The van der Waals surface area contributed by atoms with E-state index in [-0.39, 0.29) is 17.8 Å². The number of fused-ring (bicyclic) bond motifs is 1. The summed E-state index contributed by atoms with van der Waals surface area (Å²) < 4.78 is 18.7. The Labute approximate surface area is 215 Å². The molecule has 3 aromatic rings. The molecule has 0 saturated carbocycles. The van der Waals surface area contributed by atoms with E-state index in [1.54, 1.807) is 25.4 Å². The van der Waals surface area contributed by atoms with E-state index in [0.717, 1.165) is 29.4 Å². The van der Waals surface area contributed by atoms with E-state index in [1.807, 2.05) is 23.1 Å². The van der Waals surface area contributed by atoms with Crippen molar-refractivity contribution in [2.45, 2.75) is 25.3 Å². The molecule has 0 bridgehead atoms. The minimum absolute atomic E-state index is 0.00221. The summed E-state index contributed by atoms with van der Waals surface area (Å²) in [5.74, 6) is 5.04. The maximum atomic E-state index is 13.3. The van der Waals surface area contributed by atoms with Gasteiger partial charge in [0.2, 0.25) is 0 Å². The second-order valence-electron chi connectivity index (χ2n) is 9.13. The molecule has 0 amide bonds. The lowest BCUT2D eigenvalue weighted by Crippen LogP contribution is -2.44. The number of rotatable bonds is 7. The average molecular weight is 510 g/mol. The van der Waals surface area contributed by atoms with E-state index in [2.05, 4.69) is 16.8 Å². The van der Waals surface area contributed by atoms with E-state index in [0.29, 0.717) is 42.3 Å². The molecule has 4 rings (SSSR count). The van der Waals surface area contributed by atoms with Gasteiger partial charge in [-0.1, -0.05) is 29.5 Å². The van der Waals surface area contributed by atoms with Gasteiger partial charge < -0.3 is 15.6 Å². The molecule has 8 heteroatoms. The molecule has 3 N–H and O–H groups in total. The number of ether oxygens (including phenoxy) is 1. The fourth-order valence-electron chi connectivity index (χ4n) is 4.87. The number of piperidine rings is 1. The Hall–Kier alpha value is -3.18. The van der Waals surface area contributed by atoms with Crippen molar-refractivity contribution in [2.75, 3.05) is 26.7 Å². The first-order chi connectivity index (χ1) is 17.4. The predicted molar refractivity (Wildman–Crippen MR) is 138 cm³/mol. The monoisotopic (exact) mass is 509 g/mol. The Morgan fingerprint density at radius 3 is 2.94 bits per heavy atom. The third-order valence-corrected chi connectivity index (χ3v) is 7.11. The topological polar surface area (TPSA) is 88.7 Å². The van der Waals surface area contributed by atoms with Crippen LogP contribution < -0.4 is 10.5 Å². The van der Waals surface area contributed by atoms with Crippen molar-refractivity contribution in [3.63, 3.8) is 0 Å². The fourth-order valence-corrected chi connectivity index (χ4v) is 5.16. The van der Waals surface area contributed by atoms with E-state index in [4.69, 9.17) is 22.1 Å². The summed E-state index contributed by atoms with van der Waals surface area (Å²) in [4.78, 5) is 18.5. The zero-order valence-electron chi connectivity index (χ0n) is 20.1. The molecule has 6 nitrogen and oxygen atoms in total. The number of methoxy groups -OCH3 is 1. The van der Waals surface area contributed by atoms with Gasteiger partial charge in [-0.05, 0) is 73.7 Å². The number of halogens is 2. The lowest BCUT2D eigenvalue weighted by molar-refractivity contribution is -0.146. The van der Waals surface area contributed by atoms with Crippen molar-refractivity contribution in [1.29, 1.82) is 0 Å². The molecule has 1 aromatic heterocycles. The van der Waals surface area contributed by atoms with Crippen LogP contribution in [0.4, 0.5) is 4.39 Å². The average Bonchev–Trinajstić information content (AvgIpc) is 2.87. The first kappa shape index (κ1) is 25.9. The molecule has 1 aliphatic rings. The normalized spacial score (nSPS) is 18.9. The summed E-state index contributed by atoms with van der Waals surface area (Å²) in [7, 11) is 1.60. The summed E-state index contributed by atoms with van der Waals surface area (Å²) in [5, 5.41) is 11.2. The van der Waals surface area contributed by atoms with Crippen LogP contribution in [0, 0.1) is 29.5 Å². The van der Waals surface area contributed by atoms with Crippen molar-refractivity contribution in [3.8, 4) is 17.6 Å². The van der Waals surface area contributed by atoms with Crippen LogP contribution in [0.25, 0.3) is 10.9 Å². The smallest absolute Gasteiger partial charge is 0.308 e. The van der Waals surface area contributed by atoms with Gasteiger partial charge in [0.15, 0.2) is 0 Å². The van der Waals surface area contributed by atoms with E-state index >= 15 is 0 Å². The Kier molecular flexibility index (Phi) is 8.42. The van der Waals surface area contributed by atoms with Crippen LogP contribution in [0.15, 0.2) is 48.7 Å². The zero-order valence-corrected chi connectivity index (χ0v) is 20.8. The SMILES string of the molecule is COc1ccc2ncc(Cl)c(C(N)CCC3CCN(CC#Cc4cccc(F)c4)CC3C(=O)O)c2c1. The molecule has 36 heavy (non-hydrogen) atoms. The first-order valence-corrected chi connectivity index (χ1v) is 12.3. The van der Waals surface area contributed by atoms with Crippen LogP contribution in [-0.2, 0) is 4.79 Å². The number of carboxylic acid groups (broad SMARTS) is 1. The number of likely N-dealkylation sites (tertiary alicyclic amines) is 1. The molecule has 0 aliphatic carbocycles. The first-order valence-electron chi connectivity index (χ1n) is 11.9. The van der Waals surface area contributed by atoms with Gasteiger partial charge in [0.1, 0.15) is 11.6 Å². The highest BCUT2D eigenvalue weighted by molar-refractivity contribution is 6.32. The van der Waals surface area contributed by atoms with Gasteiger partial charge in [0.05, 0.1) is 30.1 Å². The number of pyridine rings is 1. The van der Waals surface area contributed by atoms with Gasteiger partial charge in [0, 0.05) is 29.7 Å². The Morgan fingerprint density at radius 1 is 1.36 bits per heavy atom. The van der Waals surface area contributed by atoms with Crippen LogP contribution in [0.2, 0.25) is 5.02 Å². The fraction of sp³-hybridized carbons (Fsp3) is 0.357. The maximum absolute atomic E-state index is 13.3. The molecule has 3 atom stereocenters. The maximum Gasteiger partial charge on any atom is 0.308 e. The summed E-state index contributed by atoms with van der Waals surface area (Å²) in [6.07, 6.45) is 3.62. The van der Waals surface area contributed by atoms with E-state index < -0.39 is 11.9 Å². The predicted octanol–water partition coefficient (Wildman–Crippen LogP) is 4.89. The lowest BCUT2D eigenvalue weighted by atomic mass is 9.81. The third kappa shape index (κ3) is 6.14. The molecular weight excluding hydrogens is 481 g/mol. The third-order valence-electron chi connectivity index (χ3n) is 6.80. The largest absolute Gasteiger partial charge is 0.497 e. The highest BCUT2D eigenvalue weighted by Gasteiger charge is 2.34. The molecule has 2 heterocycles. The molecule has 2 aromatic carbocycles. The molecule has 188 valence electrons. The second kappa shape index (κ2) is 11.7. The molecule has 1 aliphatic heterocycles. The number of carbonyl (C=O) groups is 1. The van der Waals surface area contributed by atoms with E-state index in [9.17, 15) is 14.3 Å². The number of hydrogen-bond donors (Lipinski definition) is 2. The van der Waals surface area contributed by atoms with Crippen molar-refractivity contribution in [3.05, 3.63) is 70.6 Å². The van der Waals surface area contributed by atoms with Crippen molar-refractivity contribution < 1.29 is 19.0 Å². The van der Waals surface area contributed by atoms with Crippen LogP contribution >= 0.6 is 11.6 Å². The van der Waals surface area contributed by atoms with Crippen molar-refractivity contribution >= 4 is 28.5 Å². The molecule has 1 fully saturated rings. The number of aliphatic carboxylic acids is 1.